The van der Waals surface area contributed by atoms with Crippen LogP contribution in [0.25, 0.3) is 22.6 Å². The lowest BCUT2D eigenvalue weighted by Gasteiger charge is -2.10. The molecule has 29 heavy (non-hydrogen) atoms. The summed E-state index contributed by atoms with van der Waals surface area (Å²) < 4.78 is 15.3. The third-order valence-electron chi connectivity index (χ3n) is 4.38. The lowest BCUT2D eigenvalue weighted by atomic mass is 10.2. The number of nitrogens with one attached hydrogen (secondary N) is 1. The third-order valence-corrected chi connectivity index (χ3v) is 5.39. The molecule has 146 valence electrons. The maximum absolute atomic E-state index is 13.3. The van der Waals surface area contributed by atoms with Gasteiger partial charge in [0.05, 0.1) is 5.75 Å². The second-order valence-electron chi connectivity index (χ2n) is 6.39. The maximum Gasteiger partial charge on any atom is 0.230 e. The first-order chi connectivity index (χ1) is 14.2. The first-order valence-corrected chi connectivity index (χ1v) is 10.2. The molecule has 2 heterocycles. The fourth-order valence-corrected chi connectivity index (χ4v) is 3.76. The minimum absolute atomic E-state index is 0.0282. The van der Waals surface area contributed by atoms with Gasteiger partial charge in [-0.25, -0.2) is 14.4 Å². The van der Waals surface area contributed by atoms with Crippen molar-refractivity contribution in [1.82, 2.24) is 19.9 Å². The van der Waals surface area contributed by atoms with E-state index < -0.39 is 0 Å². The van der Waals surface area contributed by atoms with E-state index in [1.807, 2.05) is 47.0 Å². The van der Waals surface area contributed by atoms with Gasteiger partial charge < -0.3 is 9.88 Å². The predicted octanol–water partition coefficient (Wildman–Crippen LogP) is 4.15. The van der Waals surface area contributed by atoms with E-state index >= 15 is 0 Å². The molecular formula is C22H19FN4OS. The molecule has 5 nitrogen and oxygen atoms in total. The number of amides is 1. The molecule has 0 unspecified atom stereocenters. The molecule has 2 aromatic carbocycles. The molecule has 1 N–H and O–H groups in total. The van der Waals surface area contributed by atoms with Gasteiger partial charge in [-0.15, -0.1) is 11.8 Å². The molecule has 0 bridgehead atoms. The number of carbonyl (C=O) groups excluding carboxylic acids is 1. The molecule has 0 aliphatic carbocycles. The number of rotatable bonds is 7. The summed E-state index contributed by atoms with van der Waals surface area (Å²) in [5.41, 5.74) is 2.30. The molecule has 7 heteroatoms. The van der Waals surface area contributed by atoms with Gasteiger partial charge in [-0.2, -0.15) is 0 Å². The number of pyridine rings is 1. The largest absolute Gasteiger partial charge is 0.354 e. The molecule has 0 saturated heterocycles. The van der Waals surface area contributed by atoms with Crippen LogP contribution in [0.3, 0.4) is 0 Å². The molecule has 0 atom stereocenters. The minimum atomic E-state index is -0.294. The van der Waals surface area contributed by atoms with E-state index in [2.05, 4.69) is 15.3 Å². The first kappa shape index (κ1) is 19.1. The Balaban J connectivity index is 1.45. The van der Waals surface area contributed by atoms with E-state index in [1.165, 1.54) is 23.9 Å². The Morgan fingerprint density at radius 1 is 1.03 bits per heavy atom. The maximum atomic E-state index is 13.3. The summed E-state index contributed by atoms with van der Waals surface area (Å²) in [6.45, 7) is 0.965. The van der Waals surface area contributed by atoms with Crippen LogP contribution in [0.4, 0.5) is 4.39 Å². The summed E-state index contributed by atoms with van der Waals surface area (Å²) in [6, 6.07) is 19.8. The number of nitrogens with zero attached hydrogens (tertiary/aromatic N) is 3. The van der Waals surface area contributed by atoms with Crippen molar-refractivity contribution in [2.24, 2.45) is 0 Å². The van der Waals surface area contributed by atoms with Gasteiger partial charge in [-0.1, -0.05) is 18.2 Å². The number of carbonyl (C=O) groups is 1. The zero-order valence-corrected chi connectivity index (χ0v) is 16.4. The predicted molar refractivity (Wildman–Crippen MR) is 113 cm³/mol. The van der Waals surface area contributed by atoms with Crippen LogP contribution in [0.5, 0.6) is 0 Å². The smallest absolute Gasteiger partial charge is 0.230 e. The van der Waals surface area contributed by atoms with E-state index in [0.717, 1.165) is 21.6 Å². The van der Waals surface area contributed by atoms with Crippen LogP contribution >= 0.6 is 11.8 Å². The third kappa shape index (κ3) is 4.63. The summed E-state index contributed by atoms with van der Waals surface area (Å²) in [5.74, 6) is 0.737. The number of hydrogen-bond donors (Lipinski definition) is 1. The lowest BCUT2D eigenvalue weighted by molar-refractivity contribution is -0.118. The second kappa shape index (κ2) is 8.87. The van der Waals surface area contributed by atoms with Crippen molar-refractivity contribution in [3.63, 3.8) is 0 Å². The normalized spacial score (nSPS) is 10.9. The molecule has 4 rings (SSSR count). The monoisotopic (exact) mass is 406 g/mol. The number of halogens is 1. The summed E-state index contributed by atoms with van der Waals surface area (Å²) in [5, 5.41) is 2.95. The van der Waals surface area contributed by atoms with E-state index in [9.17, 15) is 9.18 Å². The number of thioether (sulfide) groups is 1. The number of hydrogen-bond acceptors (Lipinski definition) is 4. The van der Waals surface area contributed by atoms with Crippen molar-refractivity contribution in [3.8, 4) is 11.4 Å². The van der Waals surface area contributed by atoms with E-state index in [1.54, 1.807) is 18.3 Å². The van der Waals surface area contributed by atoms with Gasteiger partial charge >= 0.3 is 0 Å². The molecule has 1 amide bonds. The highest BCUT2D eigenvalue weighted by atomic mass is 32.2. The van der Waals surface area contributed by atoms with E-state index in [-0.39, 0.29) is 11.7 Å². The highest BCUT2D eigenvalue weighted by molar-refractivity contribution is 8.00. The molecular weight excluding hydrogens is 387 g/mol. The van der Waals surface area contributed by atoms with Crippen LogP contribution in [-0.2, 0) is 11.3 Å². The van der Waals surface area contributed by atoms with Gasteiger partial charge in [-0.05, 0) is 48.5 Å². The van der Waals surface area contributed by atoms with Gasteiger partial charge in [0, 0.05) is 29.7 Å². The Bertz CT molecular complexity index is 1110. The van der Waals surface area contributed by atoms with Crippen LogP contribution < -0.4 is 5.32 Å². The van der Waals surface area contributed by atoms with Crippen molar-refractivity contribution < 1.29 is 9.18 Å². The molecule has 0 spiro atoms. The Labute approximate surface area is 172 Å². The van der Waals surface area contributed by atoms with Crippen LogP contribution in [0.1, 0.15) is 0 Å². The lowest BCUT2D eigenvalue weighted by Crippen LogP contribution is -2.28. The first-order valence-electron chi connectivity index (χ1n) is 9.22. The molecule has 0 fully saturated rings. The minimum Gasteiger partial charge on any atom is -0.354 e. The summed E-state index contributed by atoms with van der Waals surface area (Å²) in [6.07, 6.45) is 1.71. The van der Waals surface area contributed by atoms with E-state index in [0.29, 0.717) is 24.7 Å². The number of aromatic nitrogens is 3. The number of imidazole rings is 1. The molecule has 2 aromatic heterocycles. The summed E-state index contributed by atoms with van der Waals surface area (Å²) in [4.78, 5) is 22.3. The fourth-order valence-electron chi connectivity index (χ4n) is 3.01. The highest BCUT2D eigenvalue weighted by Gasteiger charge is 2.14. The van der Waals surface area contributed by atoms with Crippen molar-refractivity contribution in [1.29, 1.82) is 0 Å². The zero-order valence-electron chi connectivity index (χ0n) is 15.6. The Morgan fingerprint density at radius 2 is 1.83 bits per heavy atom. The molecule has 0 aliphatic heterocycles. The van der Waals surface area contributed by atoms with Crippen molar-refractivity contribution >= 4 is 28.8 Å². The highest BCUT2D eigenvalue weighted by Crippen LogP contribution is 2.23. The van der Waals surface area contributed by atoms with Crippen molar-refractivity contribution in [2.45, 2.75) is 11.4 Å². The quantitative estimate of drug-likeness (QED) is 0.469. The Hall–Kier alpha value is -3.19. The van der Waals surface area contributed by atoms with Crippen LogP contribution in [0.2, 0.25) is 0 Å². The van der Waals surface area contributed by atoms with Gasteiger partial charge in [0.2, 0.25) is 5.91 Å². The van der Waals surface area contributed by atoms with Crippen molar-refractivity contribution in [3.05, 3.63) is 78.7 Å². The van der Waals surface area contributed by atoms with Gasteiger partial charge in [0.15, 0.2) is 5.65 Å². The van der Waals surface area contributed by atoms with Crippen LogP contribution in [0, 0.1) is 5.82 Å². The molecule has 4 aromatic rings. The van der Waals surface area contributed by atoms with E-state index in [4.69, 9.17) is 0 Å². The number of benzene rings is 2. The summed E-state index contributed by atoms with van der Waals surface area (Å²) >= 11 is 1.50. The molecule has 0 saturated carbocycles. The van der Waals surface area contributed by atoms with Gasteiger partial charge in [0.1, 0.15) is 17.2 Å². The topological polar surface area (TPSA) is 59.8 Å². The average Bonchev–Trinajstić information content (AvgIpc) is 3.12. The Kier molecular flexibility index (Phi) is 5.86. The van der Waals surface area contributed by atoms with Gasteiger partial charge in [0.25, 0.3) is 0 Å². The number of fused-ring (bicyclic) bond motifs is 1. The SMILES string of the molecule is O=C(CSc1ccccc1)NCCn1c(-c2ccc(F)cc2)nc2cccnc21. The Morgan fingerprint density at radius 3 is 2.62 bits per heavy atom. The summed E-state index contributed by atoms with van der Waals surface area (Å²) in [7, 11) is 0. The fraction of sp³-hybridized carbons (Fsp3) is 0.136. The zero-order chi connectivity index (χ0) is 20.1. The van der Waals surface area contributed by atoms with Crippen LogP contribution in [-0.4, -0.2) is 32.7 Å². The van der Waals surface area contributed by atoms with Crippen LogP contribution in [0.15, 0.2) is 77.8 Å². The molecule has 0 radical (unpaired) electrons. The molecule has 0 aliphatic rings. The van der Waals surface area contributed by atoms with Crippen molar-refractivity contribution in [2.75, 3.05) is 12.3 Å². The second-order valence-corrected chi connectivity index (χ2v) is 7.44. The van der Waals surface area contributed by atoms with Gasteiger partial charge in [-0.3, -0.25) is 4.79 Å². The average molecular weight is 406 g/mol. The standard InChI is InChI=1S/C22H19FN4OS/c23-17-10-8-16(9-11-17)21-26-19-7-4-12-25-22(19)27(21)14-13-24-20(28)15-29-18-5-2-1-3-6-18/h1-12H,13-15H2,(H,24,28).